The third-order valence-corrected chi connectivity index (χ3v) is 5.47. The molecule has 0 aliphatic rings. The largest absolute Gasteiger partial charge is 0.355 e. The van der Waals surface area contributed by atoms with Gasteiger partial charge in [0.15, 0.2) is 0 Å². The number of benzene rings is 2. The number of nitrogens with zero attached hydrogens (tertiary/aromatic N) is 1. The third-order valence-electron chi connectivity index (χ3n) is 3.69. The zero-order valence-electron chi connectivity index (χ0n) is 14.8. The van der Waals surface area contributed by atoms with Gasteiger partial charge in [0.2, 0.25) is 5.91 Å². The Hall–Kier alpha value is -2.34. The van der Waals surface area contributed by atoms with E-state index in [2.05, 4.69) is 5.32 Å². The number of carbonyl (C=O) groups excluding carboxylic acids is 1. The second kappa shape index (κ2) is 8.16. The van der Waals surface area contributed by atoms with Crippen LogP contribution in [0.1, 0.15) is 24.5 Å². The van der Waals surface area contributed by atoms with Crippen LogP contribution in [0.3, 0.4) is 0 Å². The number of amides is 1. The van der Waals surface area contributed by atoms with Crippen molar-refractivity contribution in [2.45, 2.75) is 32.1 Å². The molecule has 2 aromatic carbocycles. The number of aryl methyl sites for hydroxylation is 2. The van der Waals surface area contributed by atoms with Crippen LogP contribution in [0.15, 0.2) is 53.4 Å². The van der Waals surface area contributed by atoms with Gasteiger partial charge in [0.1, 0.15) is 6.54 Å². The van der Waals surface area contributed by atoms with Crippen molar-refractivity contribution in [3.05, 3.63) is 59.7 Å². The molecule has 5 nitrogen and oxygen atoms in total. The Morgan fingerprint density at radius 2 is 1.64 bits per heavy atom. The van der Waals surface area contributed by atoms with E-state index < -0.39 is 10.0 Å². The minimum atomic E-state index is -3.84. The van der Waals surface area contributed by atoms with Crippen molar-refractivity contribution in [3.8, 4) is 0 Å². The number of sulfonamides is 1. The Bertz CT molecular complexity index is 813. The first-order valence-corrected chi connectivity index (χ1v) is 9.71. The number of nitrogens with one attached hydrogen (secondary N) is 1. The molecule has 0 aliphatic heterocycles. The Kier molecular flexibility index (Phi) is 6.20. The smallest absolute Gasteiger partial charge is 0.264 e. The molecule has 0 saturated heterocycles. The topological polar surface area (TPSA) is 66.5 Å². The van der Waals surface area contributed by atoms with Crippen LogP contribution < -0.4 is 9.62 Å². The van der Waals surface area contributed by atoms with Gasteiger partial charge in [0.25, 0.3) is 10.0 Å². The Labute approximate surface area is 149 Å². The van der Waals surface area contributed by atoms with Crippen molar-refractivity contribution in [1.82, 2.24) is 5.32 Å². The van der Waals surface area contributed by atoms with Crippen LogP contribution >= 0.6 is 0 Å². The van der Waals surface area contributed by atoms with E-state index >= 15 is 0 Å². The maximum absolute atomic E-state index is 13.1. The lowest BCUT2D eigenvalue weighted by atomic mass is 10.1. The van der Waals surface area contributed by atoms with Gasteiger partial charge in [-0.1, -0.05) is 31.2 Å². The van der Waals surface area contributed by atoms with Gasteiger partial charge < -0.3 is 5.32 Å². The first kappa shape index (κ1) is 19.0. The SMILES string of the molecule is CCCNC(=O)CN(c1cc(C)cc(C)c1)S(=O)(=O)c1ccccc1. The van der Waals surface area contributed by atoms with Gasteiger partial charge in [-0.2, -0.15) is 0 Å². The molecule has 0 unspecified atom stereocenters. The second-order valence-corrected chi connectivity index (χ2v) is 7.88. The summed E-state index contributed by atoms with van der Waals surface area (Å²) >= 11 is 0. The first-order valence-electron chi connectivity index (χ1n) is 8.27. The van der Waals surface area contributed by atoms with Crippen molar-refractivity contribution < 1.29 is 13.2 Å². The van der Waals surface area contributed by atoms with Gasteiger partial charge >= 0.3 is 0 Å². The summed E-state index contributed by atoms with van der Waals surface area (Å²) in [6.45, 7) is 6.02. The normalized spacial score (nSPS) is 11.2. The van der Waals surface area contributed by atoms with Crippen LogP contribution in [0.5, 0.6) is 0 Å². The highest BCUT2D eigenvalue weighted by Crippen LogP contribution is 2.25. The Balaban J connectivity index is 2.46. The van der Waals surface area contributed by atoms with Crippen molar-refractivity contribution in [3.63, 3.8) is 0 Å². The predicted octanol–water partition coefficient (Wildman–Crippen LogP) is 3.02. The average molecular weight is 360 g/mol. The maximum atomic E-state index is 13.1. The lowest BCUT2D eigenvalue weighted by molar-refractivity contribution is -0.119. The lowest BCUT2D eigenvalue weighted by Gasteiger charge is -2.25. The maximum Gasteiger partial charge on any atom is 0.264 e. The molecule has 6 heteroatoms. The molecule has 0 atom stereocenters. The van der Waals surface area contributed by atoms with E-state index in [1.165, 1.54) is 16.4 Å². The van der Waals surface area contributed by atoms with Crippen molar-refractivity contribution >= 4 is 21.6 Å². The fourth-order valence-electron chi connectivity index (χ4n) is 2.58. The number of anilines is 1. The van der Waals surface area contributed by atoms with E-state index in [0.29, 0.717) is 12.2 Å². The molecular formula is C19H24N2O3S. The molecule has 0 bridgehead atoms. The van der Waals surface area contributed by atoms with Crippen LogP contribution in [0.2, 0.25) is 0 Å². The molecule has 0 saturated carbocycles. The fraction of sp³-hybridized carbons (Fsp3) is 0.316. The molecular weight excluding hydrogens is 336 g/mol. The highest BCUT2D eigenvalue weighted by atomic mass is 32.2. The highest BCUT2D eigenvalue weighted by molar-refractivity contribution is 7.92. The highest BCUT2D eigenvalue weighted by Gasteiger charge is 2.27. The molecule has 1 amide bonds. The van der Waals surface area contributed by atoms with E-state index in [0.717, 1.165) is 17.5 Å². The lowest BCUT2D eigenvalue weighted by Crippen LogP contribution is -2.41. The zero-order chi connectivity index (χ0) is 18.4. The third kappa shape index (κ3) is 4.82. The van der Waals surface area contributed by atoms with Gasteiger partial charge in [0, 0.05) is 6.54 Å². The van der Waals surface area contributed by atoms with Crippen molar-refractivity contribution in [2.75, 3.05) is 17.4 Å². The Morgan fingerprint density at radius 3 is 2.20 bits per heavy atom. The molecule has 0 fully saturated rings. The monoisotopic (exact) mass is 360 g/mol. The van der Waals surface area contributed by atoms with Crippen LogP contribution in [0.4, 0.5) is 5.69 Å². The van der Waals surface area contributed by atoms with Gasteiger partial charge in [-0.05, 0) is 55.7 Å². The summed E-state index contributed by atoms with van der Waals surface area (Å²) in [5.41, 5.74) is 2.38. The van der Waals surface area contributed by atoms with Crippen LogP contribution in [-0.2, 0) is 14.8 Å². The average Bonchev–Trinajstić information content (AvgIpc) is 2.57. The summed E-state index contributed by atoms with van der Waals surface area (Å²) in [6, 6.07) is 13.7. The summed E-state index contributed by atoms with van der Waals surface area (Å²) in [7, 11) is -3.84. The van der Waals surface area contributed by atoms with Gasteiger partial charge in [-0.15, -0.1) is 0 Å². The van der Waals surface area contributed by atoms with E-state index in [-0.39, 0.29) is 17.3 Å². The second-order valence-electron chi connectivity index (χ2n) is 6.02. The molecule has 1 N–H and O–H groups in total. The molecule has 0 spiro atoms. The number of carbonyl (C=O) groups is 1. The fourth-order valence-corrected chi connectivity index (χ4v) is 4.01. The van der Waals surface area contributed by atoms with Gasteiger partial charge in [0.05, 0.1) is 10.6 Å². The van der Waals surface area contributed by atoms with E-state index in [9.17, 15) is 13.2 Å². The molecule has 2 aromatic rings. The van der Waals surface area contributed by atoms with E-state index in [4.69, 9.17) is 0 Å². The first-order chi connectivity index (χ1) is 11.8. The van der Waals surface area contributed by atoms with E-state index in [1.807, 2.05) is 26.8 Å². The van der Waals surface area contributed by atoms with Crippen LogP contribution in [-0.4, -0.2) is 27.4 Å². The van der Waals surface area contributed by atoms with E-state index in [1.54, 1.807) is 30.3 Å². The molecule has 134 valence electrons. The number of hydrogen-bond donors (Lipinski definition) is 1. The minimum absolute atomic E-state index is 0.164. The predicted molar refractivity (Wildman–Crippen MR) is 100 cm³/mol. The summed E-state index contributed by atoms with van der Waals surface area (Å²) in [5, 5.41) is 2.74. The van der Waals surface area contributed by atoms with Gasteiger partial charge in [-0.3, -0.25) is 9.10 Å². The molecule has 25 heavy (non-hydrogen) atoms. The summed E-state index contributed by atoms with van der Waals surface area (Å²) in [6.07, 6.45) is 0.792. The molecule has 0 aromatic heterocycles. The molecule has 2 rings (SSSR count). The summed E-state index contributed by atoms with van der Waals surface area (Å²) in [5.74, 6) is -0.319. The van der Waals surface area contributed by atoms with Crippen LogP contribution in [0.25, 0.3) is 0 Å². The van der Waals surface area contributed by atoms with Crippen molar-refractivity contribution in [2.24, 2.45) is 0 Å². The van der Waals surface area contributed by atoms with Crippen LogP contribution in [0, 0.1) is 13.8 Å². The summed E-state index contributed by atoms with van der Waals surface area (Å²) in [4.78, 5) is 12.4. The van der Waals surface area contributed by atoms with Gasteiger partial charge in [-0.25, -0.2) is 8.42 Å². The summed E-state index contributed by atoms with van der Waals surface area (Å²) < 4.78 is 27.4. The standard InChI is InChI=1S/C19H24N2O3S/c1-4-10-20-19(22)14-21(17-12-15(2)11-16(3)13-17)25(23,24)18-8-6-5-7-9-18/h5-9,11-13H,4,10,14H2,1-3H3,(H,20,22). The number of hydrogen-bond acceptors (Lipinski definition) is 3. The van der Waals surface area contributed by atoms with Crippen molar-refractivity contribution in [1.29, 1.82) is 0 Å². The quantitative estimate of drug-likeness (QED) is 0.825. The molecule has 0 heterocycles. The zero-order valence-corrected chi connectivity index (χ0v) is 15.6. The number of rotatable bonds is 7. The molecule has 0 aliphatic carbocycles. The minimum Gasteiger partial charge on any atom is -0.355 e. The molecule has 0 radical (unpaired) electrons. The Morgan fingerprint density at radius 1 is 1.04 bits per heavy atom.